The molecule has 0 spiro atoms. The fourth-order valence-electron chi connectivity index (χ4n) is 2.41. The van der Waals surface area contributed by atoms with E-state index in [1.807, 2.05) is 20.8 Å². The average molecular weight is 345 g/mol. The summed E-state index contributed by atoms with van der Waals surface area (Å²) >= 11 is 0. The Morgan fingerprint density at radius 3 is 2.58 bits per heavy atom. The van der Waals surface area contributed by atoms with Crippen molar-refractivity contribution in [1.82, 2.24) is 14.4 Å². The predicted octanol–water partition coefficient (Wildman–Crippen LogP) is 3.07. The van der Waals surface area contributed by atoms with Crippen LogP contribution >= 0.6 is 0 Å². The Morgan fingerprint density at radius 2 is 1.83 bits per heavy atom. The summed E-state index contributed by atoms with van der Waals surface area (Å²) in [6, 6.07) is 10.3. The number of fused-ring (bicyclic) bond motifs is 1. The van der Waals surface area contributed by atoms with Gasteiger partial charge in [-0.2, -0.15) is 8.42 Å². The maximum atomic E-state index is 13.1. The summed E-state index contributed by atoms with van der Waals surface area (Å²) < 4.78 is 32.9. The molecule has 6 nitrogen and oxygen atoms in total. The van der Waals surface area contributed by atoms with Crippen molar-refractivity contribution in [2.75, 3.05) is 6.61 Å². The molecule has 0 amide bonds. The number of para-hydroxylation sites is 1. The van der Waals surface area contributed by atoms with Crippen LogP contribution < -0.4 is 4.74 Å². The second-order valence-electron chi connectivity index (χ2n) is 5.66. The van der Waals surface area contributed by atoms with Crippen LogP contribution in [0.5, 0.6) is 5.75 Å². The van der Waals surface area contributed by atoms with Crippen LogP contribution in [0.4, 0.5) is 0 Å². The van der Waals surface area contributed by atoms with Gasteiger partial charge >= 0.3 is 0 Å². The quantitative estimate of drug-likeness (QED) is 0.710. The largest absolute Gasteiger partial charge is 0.492 e. The van der Waals surface area contributed by atoms with E-state index < -0.39 is 10.0 Å². The molecule has 0 N–H and O–H groups in total. The minimum atomic E-state index is -3.90. The van der Waals surface area contributed by atoms with Crippen molar-refractivity contribution in [3.8, 4) is 5.75 Å². The lowest BCUT2D eigenvalue weighted by atomic mass is 10.1. The van der Waals surface area contributed by atoms with Crippen molar-refractivity contribution in [2.24, 2.45) is 0 Å². The van der Waals surface area contributed by atoms with Crippen LogP contribution in [-0.4, -0.2) is 29.4 Å². The van der Waals surface area contributed by atoms with Crippen molar-refractivity contribution in [3.05, 3.63) is 47.5 Å². The van der Waals surface area contributed by atoms with Gasteiger partial charge in [-0.05, 0) is 55.7 Å². The van der Waals surface area contributed by atoms with Crippen molar-refractivity contribution < 1.29 is 13.2 Å². The van der Waals surface area contributed by atoms with E-state index in [4.69, 9.17) is 4.74 Å². The number of ether oxygens (including phenoxy) is 1. The van der Waals surface area contributed by atoms with E-state index in [0.29, 0.717) is 23.4 Å². The fraction of sp³-hybridized carbons (Fsp3) is 0.294. The van der Waals surface area contributed by atoms with Crippen LogP contribution in [0.2, 0.25) is 0 Å². The van der Waals surface area contributed by atoms with Crippen LogP contribution in [0.1, 0.15) is 24.5 Å². The maximum Gasteiger partial charge on any atom is 0.288 e. The molecule has 24 heavy (non-hydrogen) atoms. The monoisotopic (exact) mass is 345 g/mol. The number of hydrogen-bond acceptors (Lipinski definition) is 5. The lowest BCUT2D eigenvalue weighted by molar-refractivity contribution is 0.309. The van der Waals surface area contributed by atoms with E-state index in [-0.39, 0.29) is 4.90 Å². The fourth-order valence-corrected chi connectivity index (χ4v) is 3.84. The highest BCUT2D eigenvalue weighted by Gasteiger charge is 2.26. The number of aromatic nitrogens is 3. The molecule has 0 bridgehead atoms. The second-order valence-corrected chi connectivity index (χ2v) is 7.39. The van der Waals surface area contributed by atoms with Crippen molar-refractivity contribution >= 4 is 21.1 Å². The molecule has 3 rings (SSSR count). The summed E-state index contributed by atoms with van der Waals surface area (Å²) in [6.45, 7) is 6.22. The Bertz CT molecular complexity index is 993. The number of hydrogen-bond donors (Lipinski definition) is 0. The third-order valence-electron chi connectivity index (χ3n) is 3.85. The molecule has 7 heteroatoms. The first-order chi connectivity index (χ1) is 11.4. The Kier molecular flexibility index (Phi) is 4.28. The van der Waals surface area contributed by atoms with E-state index in [1.165, 1.54) is 0 Å². The maximum absolute atomic E-state index is 13.1. The van der Waals surface area contributed by atoms with Gasteiger partial charge in [-0.15, -0.1) is 9.19 Å². The van der Waals surface area contributed by atoms with Gasteiger partial charge in [0.15, 0.2) is 0 Å². The topological polar surface area (TPSA) is 74.1 Å². The van der Waals surface area contributed by atoms with Crippen LogP contribution in [-0.2, 0) is 10.0 Å². The first-order valence-electron chi connectivity index (χ1n) is 7.75. The molecule has 0 radical (unpaired) electrons. The zero-order valence-corrected chi connectivity index (χ0v) is 14.7. The van der Waals surface area contributed by atoms with Gasteiger partial charge in [-0.25, -0.2) is 0 Å². The molecular weight excluding hydrogens is 326 g/mol. The number of rotatable bonds is 5. The highest BCUT2D eigenvalue weighted by molar-refractivity contribution is 7.90. The molecule has 0 unspecified atom stereocenters. The van der Waals surface area contributed by atoms with Crippen LogP contribution in [0.25, 0.3) is 11.0 Å². The average Bonchev–Trinajstić information content (AvgIpc) is 3.00. The highest BCUT2D eigenvalue weighted by Crippen LogP contribution is 2.30. The molecule has 0 saturated heterocycles. The molecule has 1 heterocycles. The van der Waals surface area contributed by atoms with Gasteiger partial charge in [0, 0.05) is 0 Å². The van der Waals surface area contributed by atoms with Gasteiger partial charge in [0.2, 0.25) is 0 Å². The molecule has 3 aromatic rings. The smallest absolute Gasteiger partial charge is 0.288 e. The molecule has 0 saturated carbocycles. The van der Waals surface area contributed by atoms with Gasteiger partial charge in [-0.3, -0.25) is 0 Å². The van der Waals surface area contributed by atoms with Gasteiger partial charge in [0.1, 0.15) is 21.7 Å². The molecule has 2 aromatic carbocycles. The predicted molar refractivity (Wildman–Crippen MR) is 91.8 cm³/mol. The Hall–Kier alpha value is -2.41. The van der Waals surface area contributed by atoms with Gasteiger partial charge < -0.3 is 4.74 Å². The summed E-state index contributed by atoms with van der Waals surface area (Å²) in [4.78, 5) is 0.106. The van der Waals surface area contributed by atoms with Gasteiger partial charge in [0.05, 0.1) is 6.61 Å². The number of nitrogens with zero attached hydrogens (tertiary/aromatic N) is 3. The van der Waals surface area contributed by atoms with E-state index in [1.54, 1.807) is 36.4 Å². The van der Waals surface area contributed by atoms with E-state index in [2.05, 4.69) is 10.3 Å². The number of benzene rings is 2. The Balaban J connectivity index is 2.21. The summed E-state index contributed by atoms with van der Waals surface area (Å²) in [7, 11) is -3.90. The van der Waals surface area contributed by atoms with Crippen molar-refractivity contribution in [1.29, 1.82) is 0 Å². The Morgan fingerprint density at radius 1 is 1.12 bits per heavy atom. The van der Waals surface area contributed by atoms with E-state index in [9.17, 15) is 8.42 Å². The van der Waals surface area contributed by atoms with Gasteiger partial charge in [0.25, 0.3) is 10.0 Å². The summed E-state index contributed by atoms with van der Waals surface area (Å²) in [5.74, 6) is 0.347. The third-order valence-corrected chi connectivity index (χ3v) is 5.45. The number of aryl methyl sites for hydroxylation is 2. The lowest BCUT2D eigenvalue weighted by Crippen LogP contribution is -2.16. The van der Waals surface area contributed by atoms with Crippen LogP contribution in [0, 0.1) is 13.8 Å². The van der Waals surface area contributed by atoms with Gasteiger partial charge in [-0.1, -0.05) is 24.3 Å². The zero-order valence-electron chi connectivity index (χ0n) is 13.9. The van der Waals surface area contributed by atoms with Crippen molar-refractivity contribution in [2.45, 2.75) is 32.1 Å². The molecule has 0 fully saturated rings. The summed E-state index contributed by atoms with van der Waals surface area (Å²) in [5, 5.41) is 7.78. The normalized spacial score (nSPS) is 11.8. The zero-order chi connectivity index (χ0) is 17.3. The van der Waals surface area contributed by atoms with E-state index in [0.717, 1.165) is 21.6 Å². The molecular formula is C17H19N3O3S. The highest BCUT2D eigenvalue weighted by atomic mass is 32.2. The SMILES string of the molecule is CCCOc1cc(C)c(C)cc1S(=O)(=O)n1nnc2ccccc21. The van der Waals surface area contributed by atoms with Crippen LogP contribution in [0.15, 0.2) is 41.3 Å². The summed E-state index contributed by atoms with van der Waals surface area (Å²) in [5.41, 5.74) is 2.82. The molecule has 0 aliphatic rings. The first-order valence-corrected chi connectivity index (χ1v) is 9.19. The molecule has 0 aliphatic heterocycles. The summed E-state index contributed by atoms with van der Waals surface area (Å²) in [6.07, 6.45) is 0.790. The first kappa shape index (κ1) is 16.4. The third kappa shape index (κ3) is 2.75. The lowest BCUT2D eigenvalue weighted by Gasteiger charge is -2.14. The molecule has 0 atom stereocenters. The minimum absolute atomic E-state index is 0.106. The van der Waals surface area contributed by atoms with E-state index >= 15 is 0 Å². The second kappa shape index (κ2) is 6.24. The van der Waals surface area contributed by atoms with Crippen LogP contribution in [0.3, 0.4) is 0 Å². The van der Waals surface area contributed by atoms with Crippen molar-refractivity contribution in [3.63, 3.8) is 0 Å². The minimum Gasteiger partial charge on any atom is -0.492 e. The molecule has 1 aromatic heterocycles. The standard InChI is InChI=1S/C17H19N3O3S/c1-4-9-23-16-10-12(2)13(3)11-17(16)24(21,22)20-15-8-6-5-7-14(15)18-19-20/h5-8,10-11H,4,9H2,1-3H3. The molecule has 0 aliphatic carbocycles. The molecule has 126 valence electrons. The Labute approximate surface area is 141 Å².